The van der Waals surface area contributed by atoms with Gasteiger partial charge in [0, 0.05) is 23.4 Å². The van der Waals surface area contributed by atoms with Gasteiger partial charge in [0.1, 0.15) is 0 Å². The van der Waals surface area contributed by atoms with Crippen molar-refractivity contribution in [3.8, 4) is 11.1 Å². The molecule has 1 unspecified atom stereocenters. The molecule has 0 N–H and O–H groups in total. The molecule has 3 aromatic rings. The van der Waals surface area contributed by atoms with Crippen LogP contribution in [0.1, 0.15) is 22.7 Å². The second-order valence-corrected chi connectivity index (χ2v) is 5.39. The number of hydrogen-bond acceptors (Lipinski definition) is 1. The quantitative estimate of drug-likeness (QED) is 0.587. The molecule has 0 aliphatic heterocycles. The molecular formula is C21H19N. The lowest BCUT2D eigenvalue weighted by Crippen LogP contribution is -2.02. The summed E-state index contributed by atoms with van der Waals surface area (Å²) in [6.45, 7) is 6.09. The predicted octanol–water partition coefficient (Wildman–Crippen LogP) is 5.37. The Bertz CT molecular complexity index is 760. The van der Waals surface area contributed by atoms with E-state index in [4.69, 9.17) is 0 Å². The second kappa shape index (κ2) is 6.40. The minimum absolute atomic E-state index is 0.164. The van der Waals surface area contributed by atoms with E-state index in [0.717, 1.165) is 11.3 Å². The summed E-state index contributed by atoms with van der Waals surface area (Å²) in [6.07, 6.45) is 3.94. The highest BCUT2D eigenvalue weighted by atomic mass is 14.7. The van der Waals surface area contributed by atoms with Crippen LogP contribution in [-0.2, 0) is 0 Å². The highest BCUT2D eigenvalue weighted by Crippen LogP contribution is 2.30. The fourth-order valence-electron chi connectivity index (χ4n) is 2.76. The van der Waals surface area contributed by atoms with Crippen LogP contribution in [0, 0.1) is 6.92 Å². The summed E-state index contributed by atoms with van der Waals surface area (Å²) in [6, 6.07) is 23.0. The molecule has 0 amide bonds. The van der Waals surface area contributed by atoms with Crippen molar-refractivity contribution in [3.63, 3.8) is 0 Å². The Balaban J connectivity index is 2.08. The molecule has 22 heavy (non-hydrogen) atoms. The van der Waals surface area contributed by atoms with Gasteiger partial charge in [0.2, 0.25) is 0 Å². The summed E-state index contributed by atoms with van der Waals surface area (Å²) in [4.78, 5) is 4.60. The lowest BCUT2D eigenvalue weighted by Gasteiger charge is -2.17. The van der Waals surface area contributed by atoms with Gasteiger partial charge >= 0.3 is 0 Å². The molecule has 0 radical (unpaired) electrons. The largest absolute Gasteiger partial charge is 0.261 e. The van der Waals surface area contributed by atoms with Crippen LogP contribution in [0.3, 0.4) is 0 Å². The number of aromatic nitrogens is 1. The standard InChI is InChI=1S/C21H19N/c1-3-20(18-12-8-5-9-13-18)21-14-19(15-22-16(21)2)17-10-6-4-7-11-17/h3-15,20H,1H2,2H3. The molecule has 3 rings (SSSR count). The van der Waals surface area contributed by atoms with E-state index >= 15 is 0 Å². The number of pyridine rings is 1. The van der Waals surface area contributed by atoms with E-state index < -0.39 is 0 Å². The van der Waals surface area contributed by atoms with Gasteiger partial charge in [0.15, 0.2) is 0 Å². The minimum Gasteiger partial charge on any atom is -0.261 e. The smallest absolute Gasteiger partial charge is 0.0414 e. The van der Waals surface area contributed by atoms with Gasteiger partial charge in [0.05, 0.1) is 0 Å². The Kier molecular flexibility index (Phi) is 4.15. The van der Waals surface area contributed by atoms with Crippen LogP contribution in [0.25, 0.3) is 11.1 Å². The van der Waals surface area contributed by atoms with Crippen LogP contribution in [0.5, 0.6) is 0 Å². The fourth-order valence-corrected chi connectivity index (χ4v) is 2.76. The molecule has 0 bridgehead atoms. The minimum atomic E-state index is 0.164. The first kappa shape index (κ1) is 14.3. The Hall–Kier alpha value is -2.67. The predicted molar refractivity (Wildman–Crippen MR) is 92.9 cm³/mol. The molecule has 1 heterocycles. The molecule has 1 heteroatoms. The highest BCUT2D eigenvalue weighted by molar-refractivity contribution is 5.64. The summed E-state index contributed by atoms with van der Waals surface area (Å²) in [5, 5.41) is 0. The molecule has 1 aromatic heterocycles. The number of aryl methyl sites for hydroxylation is 1. The molecule has 0 saturated carbocycles. The summed E-state index contributed by atoms with van der Waals surface area (Å²) in [7, 11) is 0. The summed E-state index contributed by atoms with van der Waals surface area (Å²) in [5.41, 5.74) is 5.83. The van der Waals surface area contributed by atoms with E-state index in [2.05, 4.69) is 73.1 Å². The maximum absolute atomic E-state index is 4.60. The molecule has 1 nitrogen and oxygen atoms in total. The SMILES string of the molecule is C=CC(c1ccccc1)c1cc(-c2ccccc2)cnc1C. The third-order valence-corrected chi connectivity index (χ3v) is 3.96. The number of benzene rings is 2. The number of rotatable bonds is 4. The maximum atomic E-state index is 4.60. The van der Waals surface area contributed by atoms with Crippen molar-refractivity contribution in [3.05, 3.63) is 102 Å². The fraction of sp³-hybridized carbons (Fsp3) is 0.0952. The number of allylic oxidation sites excluding steroid dienone is 1. The molecule has 0 fully saturated rings. The van der Waals surface area contributed by atoms with Crippen molar-refractivity contribution in [2.24, 2.45) is 0 Å². The highest BCUT2D eigenvalue weighted by Gasteiger charge is 2.14. The first-order valence-electron chi connectivity index (χ1n) is 7.49. The van der Waals surface area contributed by atoms with Crippen LogP contribution in [0.15, 0.2) is 85.6 Å². The van der Waals surface area contributed by atoms with Gasteiger partial charge in [-0.2, -0.15) is 0 Å². The van der Waals surface area contributed by atoms with Crippen molar-refractivity contribution in [2.45, 2.75) is 12.8 Å². The number of hydrogen-bond donors (Lipinski definition) is 0. The lowest BCUT2D eigenvalue weighted by molar-refractivity contribution is 0.978. The molecule has 108 valence electrons. The summed E-state index contributed by atoms with van der Waals surface area (Å²) in [5.74, 6) is 0.164. The van der Waals surface area contributed by atoms with Gasteiger partial charge in [-0.15, -0.1) is 6.58 Å². The summed E-state index contributed by atoms with van der Waals surface area (Å²) < 4.78 is 0. The normalized spacial score (nSPS) is 11.9. The van der Waals surface area contributed by atoms with E-state index in [-0.39, 0.29) is 5.92 Å². The van der Waals surface area contributed by atoms with Crippen LogP contribution in [0.4, 0.5) is 0 Å². The zero-order chi connectivity index (χ0) is 15.4. The van der Waals surface area contributed by atoms with Crippen molar-refractivity contribution >= 4 is 0 Å². The number of nitrogens with zero attached hydrogens (tertiary/aromatic N) is 1. The average Bonchev–Trinajstić information content (AvgIpc) is 2.59. The molecule has 0 saturated heterocycles. The molecular weight excluding hydrogens is 266 g/mol. The van der Waals surface area contributed by atoms with Crippen molar-refractivity contribution in [1.29, 1.82) is 0 Å². The Morgan fingerprint density at radius 1 is 0.909 bits per heavy atom. The molecule has 0 spiro atoms. The van der Waals surface area contributed by atoms with Crippen LogP contribution >= 0.6 is 0 Å². The third-order valence-electron chi connectivity index (χ3n) is 3.96. The van der Waals surface area contributed by atoms with Gasteiger partial charge < -0.3 is 0 Å². The van der Waals surface area contributed by atoms with Crippen molar-refractivity contribution in [2.75, 3.05) is 0 Å². The van der Waals surface area contributed by atoms with Crippen LogP contribution in [-0.4, -0.2) is 4.98 Å². The Labute approximate surface area is 132 Å². The van der Waals surface area contributed by atoms with E-state index in [1.165, 1.54) is 16.7 Å². The van der Waals surface area contributed by atoms with E-state index in [9.17, 15) is 0 Å². The van der Waals surface area contributed by atoms with Crippen LogP contribution < -0.4 is 0 Å². The maximum Gasteiger partial charge on any atom is 0.0414 e. The first-order chi connectivity index (χ1) is 10.8. The van der Waals surface area contributed by atoms with Crippen molar-refractivity contribution in [1.82, 2.24) is 4.98 Å². The average molecular weight is 285 g/mol. The summed E-state index contributed by atoms with van der Waals surface area (Å²) >= 11 is 0. The molecule has 1 atom stereocenters. The van der Waals surface area contributed by atoms with E-state index in [0.29, 0.717) is 0 Å². The van der Waals surface area contributed by atoms with Gasteiger partial charge in [-0.25, -0.2) is 0 Å². The topological polar surface area (TPSA) is 12.9 Å². The molecule has 0 aliphatic rings. The van der Waals surface area contributed by atoms with Gasteiger partial charge in [0.25, 0.3) is 0 Å². The zero-order valence-electron chi connectivity index (χ0n) is 12.7. The van der Waals surface area contributed by atoms with Gasteiger partial charge in [-0.05, 0) is 29.7 Å². The second-order valence-electron chi connectivity index (χ2n) is 5.39. The Morgan fingerprint density at radius 2 is 1.55 bits per heavy atom. The Morgan fingerprint density at radius 3 is 2.18 bits per heavy atom. The first-order valence-corrected chi connectivity index (χ1v) is 7.49. The molecule has 2 aromatic carbocycles. The lowest BCUT2D eigenvalue weighted by atomic mass is 9.89. The van der Waals surface area contributed by atoms with E-state index in [1.54, 1.807) is 0 Å². The van der Waals surface area contributed by atoms with E-state index in [1.807, 2.05) is 24.4 Å². The van der Waals surface area contributed by atoms with Crippen molar-refractivity contribution < 1.29 is 0 Å². The zero-order valence-corrected chi connectivity index (χ0v) is 12.7. The third kappa shape index (κ3) is 2.84. The van der Waals surface area contributed by atoms with Gasteiger partial charge in [-0.1, -0.05) is 66.7 Å². The van der Waals surface area contributed by atoms with Gasteiger partial charge in [-0.3, -0.25) is 4.98 Å². The molecule has 0 aliphatic carbocycles. The monoisotopic (exact) mass is 285 g/mol. The van der Waals surface area contributed by atoms with Crippen LogP contribution in [0.2, 0.25) is 0 Å².